The molecule has 7 heteroatoms. The van der Waals surface area contributed by atoms with Gasteiger partial charge < -0.3 is 15.4 Å². The first-order chi connectivity index (χ1) is 16.4. The van der Waals surface area contributed by atoms with Crippen LogP contribution in [-0.4, -0.2) is 24.3 Å². The second-order valence-corrected chi connectivity index (χ2v) is 10.2. The van der Waals surface area contributed by atoms with Crippen molar-refractivity contribution in [3.05, 3.63) is 66.0 Å². The zero-order valence-corrected chi connectivity index (χ0v) is 19.0. The lowest BCUT2D eigenvalue weighted by molar-refractivity contribution is -0.156. The molecule has 2 aromatic rings. The van der Waals surface area contributed by atoms with Crippen LogP contribution >= 0.6 is 0 Å². The molecule has 4 saturated carbocycles. The van der Waals surface area contributed by atoms with E-state index < -0.39 is 23.8 Å². The molecule has 1 unspecified atom stereocenters. The standard InChI is InChI=1S/C27H29FN2O4/c28-21-6-8-22(9-7-21)30-25(32)24(20-4-2-1-3-5-20)34-23(31)16-29-26(33)27-13-17-10-18(14-27)12-19(11-17)15-27/h1-9,17-19,24H,10-16H2,(H,29,33)(H,30,32). The van der Waals surface area contributed by atoms with Gasteiger partial charge in [0.15, 0.2) is 0 Å². The first kappa shape index (κ1) is 22.6. The lowest BCUT2D eigenvalue weighted by Crippen LogP contribution is -2.54. The minimum atomic E-state index is -1.20. The third-order valence-corrected chi connectivity index (χ3v) is 7.61. The summed E-state index contributed by atoms with van der Waals surface area (Å²) in [4.78, 5) is 38.8. The van der Waals surface area contributed by atoms with Crippen LogP contribution < -0.4 is 10.6 Å². The predicted molar refractivity (Wildman–Crippen MR) is 124 cm³/mol. The maximum Gasteiger partial charge on any atom is 0.326 e. The molecular weight excluding hydrogens is 435 g/mol. The Balaban J connectivity index is 1.22. The molecule has 0 radical (unpaired) electrons. The number of amides is 2. The van der Waals surface area contributed by atoms with Crippen molar-refractivity contribution in [3.8, 4) is 0 Å². The second kappa shape index (κ2) is 9.20. The molecule has 6 rings (SSSR count). The van der Waals surface area contributed by atoms with Crippen LogP contribution in [0.5, 0.6) is 0 Å². The number of carbonyl (C=O) groups excluding carboxylic acids is 3. The minimum Gasteiger partial charge on any atom is -0.446 e. The number of benzene rings is 2. The number of hydrogen-bond donors (Lipinski definition) is 2. The molecule has 2 amide bonds. The number of nitrogens with one attached hydrogen (secondary N) is 2. The second-order valence-electron chi connectivity index (χ2n) is 10.2. The number of carbonyl (C=O) groups is 3. The molecule has 2 aromatic carbocycles. The summed E-state index contributed by atoms with van der Waals surface area (Å²) in [6, 6.07) is 14.0. The predicted octanol–water partition coefficient (Wildman–Crippen LogP) is 4.38. The van der Waals surface area contributed by atoms with Crippen molar-refractivity contribution in [2.24, 2.45) is 23.2 Å². The van der Waals surface area contributed by atoms with E-state index in [-0.39, 0.29) is 17.9 Å². The van der Waals surface area contributed by atoms with Gasteiger partial charge in [-0.1, -0.05) is 30.3 Å². The number of esters is 1. The van der Waals surface area contributed by atoms with Crippen molar-refractivity contribution in [1.82, 2.24) is 5.32 Å². The number of halogens is 1. The first-order valence-electron chi connectivity index (χ1n) is 12.0. The van der Waals surface area contributed by atoms with E-state index in [1.165, 1.54) is 43.5 Å². The van der Waals surface area contributed by atoms with Gasteiger partial charge in [0.25, 0.3) is 5.91 Å². The van der Waals surface area contributed by atoms with Crippen LogP contribution in [0.3, 0.4) is 0 Å². The Morgan fingerprint density at radius 3 is 2.09 bits per heavy atom. The van der Waals surface area contributed by atoms with Gasteiger partial charge in [0.1, 0.15) is 12.4 Å². The van der Waals surface area contributed by atoms with E-state index in [1.807, 2.05) is 0 Å². The van der Waals surface area contributed by atoms with Gasteiger partial charge in [-0.15, -0.1) is 0 Å². The molecule has 4 fully saturated rings. The Kier molecular flexibility index (Phi) is 6.11. The number of hydrogen-bond acceptors (Lipinski definition) is 4. The van der Waals surface area contributed by atoms with Crippen LogP contribution in [-0.2, 0) is 19.1 Å². The van der Waals surface area contributed by atoms with Crippen molar-refractivity contribution in [2.45, 2.75) is 44.6 Å². The van der Waals surface area contributed by atoms with Crippen LogP contribution in [0, 0.1) is 29.0 Å². The SMILES string of the molecule is O=C(CNC(=O)C12CC3CC(CC(C3)C1)C2)OC(C(=O)Nc1ccc(F)cc1)c1ccccc1. The Hall–Kier alpha value is -3.22. The van der Waals surface area contributed by atoms with E-state index in [2.05, 4.69) is 10.6 Å². The average molecular weight is 465 g/mol. The fourth-order valence-corrected chi connectivity index (χ4v) is 6.54. The molecule has 0 aliphatic heterocycles. The van der Waals surface area contributed by atoms with Crippen LogP contribution in [0.4, 0.5) is 10.1 Å². The Labute approximate surface area is 198 Å². The molecule has 0 heterocycles. The minimum absolute atomic E-state index is 0.0597. The highest BCUT2D eigenvalue weighted by Crippen LogP contribution is 2.60. The molecule has 0 saturated heterocycles. The van der Waals surface area contributed by atoms with E-state index in [9.17, 15) is 18.8 Å². The van der Waals surface area contributed by atoms with Crippen molar-refractivity contribution in [3.63, 3.8) is 0 Å². The summed E-state index contributed by atoms with van der Waals surface area (Å²) in [5.41, 5.74) is 0.537. The Morgan fingerprint density at radius 2 is 1.50 bits per heavy atom. The van der Waals surface area contributed by atoms with Gasteiger partial charge in [-0.3, -0.25) is 14.4 Å². The molecule has 0 spiro atoms. The summed E-state index contributed by atoms with van der Waals surface area (Å²) in [7, 11) is 0. The summed E-state index contributed by atoms with van der Waals surface area (Å²) in [6.45, 7) is -0.284. The summed E-state index contributed by atoms with van der Waals surface area (Å²) in [6.07, 6.45) is 5.23. The molecule has 4 aliphatic carbocycles. The maximum absolute atomic E-state index is 13.2. The highest BCUT2D eigenvalue weighted by atomic mass is 19.1. The van der Waals surface area contributed by atoms with Crippen molar-refractivity contribution in [2.75, 3.05) is 11.9 Å². The summed E-state index contributed by atoms with van der Waals surface area (Å²) in [5.74, 6) is 0.166. The van der Waals surface area contributed by atoms with Gasteiger partial charge in [-0.05, 0) is 80.5 Å². The summed E-state index contributed by atoms with van der Waals surface area (Å²) >= 11 is 0. The van der Waals surface area contributed by atoms with E-state index >= 15 is 0 Å². The molecule has 34 heavy (non-hydrogen) atoms. The molecule has 2 N–H and O–H groups in total. The van der Waals surface area contributed by atoms with Gasteiger partial charge >= 0.3 is 5.97 Å². The molecule has 178 valence electrons. The lowest BCUT2D eigenvalue weighted by Gasteiger charge is -2.55. The zero-order chi connectivity index (χ0) is 23.7. The van der Waals surface area contributed by atoms with E-state index in [4.69, 9.17) is 4.74 Å². The molecule has 0 aromatic heterocycles. The van der Waals surface area contributed by atoms with Crippen LogP contribution in [0.15, 0.2) is 54.6 Å². The fourth-order valence-electron chi connectivity index (χ4n) is 6.54. The highest BCUT2D eigenvalue weighted by molar-refractivity contribution is 5.96. The van der Waals surface area contributed by atoms with Crippen molar-refractivity contribution in [1.29, 1.82) is 0 Å². The Bertz CT molecular complexity index is 1030. The topological polar surface area (TPSA) is 84.5 Å². The number of anilines is 1. The number of ether oxygens (including phenoxy) is 1. The first-order valence-corrected chi connectivity index (χ1v) is 12.0. The van der Waals surface area contributed by atoms with Crippen LogP contribution in [0.25, 0.3) is 0 Å². The summed E-state index contributed by atoms with van der Waals surface area (Å²) < 4.78 is 18.7. The normalized spacial score (nSPS) is 27.6. The third-order valence-electron chi connectivity index (χ3n) is 7.61. The van der Waals surface area contributed by atoms with Crippen LogP contribution in [0.2, 0.25) is 0 Å². The Morgan fingerprint density at radius 1 is 0.912 bits per heavy atom. The summed E-state index contributed by atoms with van der Waals surface area (Å²) in [5, 5.41) is 5.46. The van der Waals surface area contributed by atoms with E-state index in [1.54, 1.807) is 30.3 Å². The average Bonchev–Trinajstić information content (AvgIpc) is 2.82. The molecule has 6 nitrogen and oxygen atoms in total. The largest absolute Gasteiger partial charge is 0.446 e. The van der Waals surface area contributed by atoms with Gasteiger partial charge in [0.2, 0.25) is 12.0 Å². The smallest absolute Gasteiger partial charge is 0.326 e. The molecule has 4 aliphatic rings. The maximum atomic E-state index is 13.2. The number of rotatable bonds is 7. The highest BCUT2D eigenvalue weighted by Gasteiger charge is 2.54. The van der Waals surface area contributed by atoms with Gasteiger partial charge in [-0.2, -0.15) is 0 Å². The quantitative estimate of drug-likeness (QED) is 0.596. The van der Waals surface area contributed by atoms with E-state index in [0.717, 1.165) is 19.3 Å². The monoisotopic (exact) mass is 464 g/mol. The van der Waals surface area contributed by atoms with Gasteiger partial charge in [-0.25, -0.2) is 4.39 Å². The van der Waals surface area contributed by atoms with Crippen LogP contribution in [0.1, 0.15) is 50.2 Å². The van der Waals surface area contributed by atoms with E-state index in [0.29, 0.717) is 29.0 Å². The van der Waals surface area contributed by atoms with Gasteiger partial charge in [0, 0.05) is 16.7 Å². The molecule has 4 bridgehead atoms. The fraction of sp³-hybridized carbons (Fsp3) is 0.444. The molecule has 1 atom stereocenters. The van der Waals surface area contributed by atoms with Crippen molar-refractivity contribution >= 4 is 23.5 Å². The van der Waals surface area contributed by atoms with Gasteiger partial charge in [0.05, 0.1) is 0 Å². The van der Waals surface area contributed by atoms with Crippen molar-refractivity contribution < 1.29 is 23.5 Å². The lowest BCUT2D eigenvalue weighted by atomic mass is 9.49. The molecular formula is C27H29FN2O4. The third kappa shape index (κ3) is 4.69. The zero-order valence-electron chi connectivity index (χ0n) is 19.0.